The van der Waals surface area contributed by atoms with Crippen LogP contribution in [0.4, 0.5) is 13.2 Å². The third-order valence-corrected chi connectivity index (χ3v) is 4.94. The molecular weight excluding hydrogens is 331 g/mol. The fraction of sp³-hybridized carbons (Fsp3) is 0.500. The van der Waals surface area contributed by atoms with Crippen LogP contribution in [0.25, 0.3) is 10.2 Å². The Morgan fingerprint density at radius 1 is 1.35 bits per heavy atom. The quantitative estimate of drug-likeness (QED) is 0.926. The molecule has 2 aromatic heterocycles. The molecule has 0 saturated heterocycles. The van der Waals surface area contributed by atoms with Gasteiger partial charge in [-0.05, 0) is 31.2 Å². The van der Waals surface area contributed by atoms with Gasteiger partial charge in [0.05, 0.1) is 11.7 Å². The fourth-order valence-corrected chi connectivity index (χ4v) is 3.92. The van der Waals surface area contributed by atoms with Gasteiger partial charge in [-0.15, -0.1) is 11.3 Å². The van der Waals surface area contributed by atoms with Crippen molar-refractivity contribution >= 4 is 27.5 Å². The van der Waals surface area contributed by atoms with Gasteiger partial charge in [0, 0.05) is 4.88 Å². The molecule has 0 unspecified atom stereocenters. The zero-order valence-corrected chi connectivity index (χ0v) is 12.9. The monoisotopic (exact) mass is 345 g/mol. The van der Waals surface area contributed by atoms with Crippen LogP contribution >= 0.6 is 11.3 Å². The highest BCUT2D eigenvalue weighted by Crippen LogP contribution is 2.33. The van der Waals surface area contributed by atoms with Gasteiger partial charge in [0.15, 0.2) is 0 Å². The van der Waals surface area contributed by atoms with Gasteiger partial charge in [0.1, 0.15) is 17.9 Å². The Labute approximate surface area is 133 Å². The van der Waals surface area contributed by atoms with Crippen LogP contribution in [-0.2, 0) is 24.2 Å². The summed E-state index contributed by atoms with van der Waals surface area (Å²) >= 11 is 1.48. The van der Waals surface area contributed by atoms with Gasteiger partial charge in [-0.1, -0.05) is 0 Å². The minimum atomic E-state index is -4.48. The summed E-state index contributed by atoms with van der Waals surface area (Å²) in [5.74, 6) is -0.866. The molecule has 1 aliphatic rings. The van der Waals surface area contributed by atoms with E-state index in [9.17, 15) is 22.8 Å². The Morgan fingerprint density at radius 2 is 2.09 bits per heavy atom. The highest BCUT2D eigenvalue weighted by molar-refractivity contribution is 7.18. The summed E-state index contributed by atoms with van der Waals surface area (Å²) in [7, 11) is 0. The van der Waals surface area contributed by atoms with E-state index in [1.807, 2.05) is 0 Å². The zero-order chi connectivity index (χ0) is 16.6. The summed E-state index contributed by atoms with van der Waals surface area (Å²) in [5.41, 5.74) is 0.621. The molecule has 0 aliphatic heterocycles. The SMILES string of the molecule is O=C(Cn1cnc2sc3c(c2c1=O)CCCC3)NCC(F)(F)F. The van der Waals surface area contributed by atoms with Crippen molar-refractivity contribution in [1.29, 1.82) is 0 Å². The Kier molecular flexibility index (Phi) is 4.13. The van der Waals surface area contributed by atoms with E-state index in [1.54, 1.807) is 5.32 Å². The summed E-state index contributed by atoms with van der Waals surface area (Å²) in [6.07, 6.45) is 0.542. The number of hydrogen-bond donors (Lipinski definition) is 1. The molecule has 2 heterocycles. The number of amides is 1. The lowest BCUT2D eigenvalue weighted by atomic mass is 9.97. The van der Waals surface area contributed by atoms with E-state index in [1.165, 1.54) is 17.7 Å². The average Bonchev–Trinajstić information content (AvgIpc) is 2.86. The minimum Gasteiger partial charge on any atom is -0.345 e. The number of nitrogens with zero attached hydrogens (tertiary/aromatic N) is 2. The van der Waals surface area contributed by atoms with Gasteiger partial charge in [0.25, 0.3) is 5.56 Å². The number of aromatic nitrogens is 2. The second kappa shape index (κ2) is 5.95. The van der Waals surface area contributed by atoms with Crippen molar-refractivity contribution in [1.82, 2.24) is 14.9 Å². The zero-order valence-electron chi connectivity index (χ0n) is 12.1. The second-order valence-corrected chi connectivity index (χ2v) is 6.54. The van der Waals surface area contributed by atoms with E-state index in [0.717, 1.165) is 40.7 Å². The summed E-state index contributed by atoms with van der Waals surface area (Å²) in [6, 6.07) is 0. The maximum absolute atomic E-state index is 12.5. The molecule has 23 heavy (non-hydrogen) atoms. The van der Waals surface area contributed by atoms with Crippen LogP contribution in [0.1, 0.15) is 23.3 Å². The molecule has 9 heteroatoms. The number of fused-ring (bicyclic) bond motifs is 3. The molecule has 0 atom stereocenters. The summed E-state index contributed by atoms with van der Waals surface area (Å²) in [5, 5.41) is 2.26. The molecule has 3 rings (SSSR count). The third-order valence-electron chi connectivity index (χ3n) is 3.74. The first-order valence-corrected chi connectivity index (χ1v) is 8.00. The molecule has 0 fully saturated rings. The molecule has 0 aromatic carbocycles. The van der Waals surface area contributed by atoms with Gasteiger partial charge >= 0.3 is 6.18 Å². The predicted molar refractivity (Wildman–Crippen MR) is 79.6 cm³/mol. The van der Waals surface area contributed by atoms with Crippen molar-refractivity contribution in [3.05, 3.63) is 27.1 Å². The van der Waals surface area contributed by atoms with E-state index >= 15 is 0 Å². The van der Waals surface area contributed by atoms with E-state index < -0.39 is 25.2 Å². The lowest BCUT2D eigenvalue weighted by Gasteiger charge is -2.11. The van der Waals surface area contributed by atoms with E-state index in [-0.39, 0.29) is 5.56 Å². The van der Waals surface area contributed by atoms with Crippen molar-refractivity contribution in [3.63, 3.8) is 0 Å². The summed E-state index contributed by atoms with van der Waals surface area (Å²) < 4.78 is 37.4. The van der Waals surface area contributed by atoms with Crippen LogP contribution in [0, 0.1) is 0 Å². The van der Waals surface area contributed by atoms with Crippen molar-refractivity contribution in [3.8, 4) is 0 Å². The van der Waals surface area contributed by atoms with Crippen LogP contribution in [0.5, 0.6) is 0 Å². The van der Waals surface area contributed by atoms with Gasteiger partial charge in [0.2, 0.25) is 5.91 Å². The van der Waals surface area contributed by atoms with Gasteiger partial charge in [-0.25, -0.2) is 4.98 Å². The van der Waals surface area contributed by atoms with E-state index in [2.05, 4.69) is 4.98 Å². The topological polar surface area (TPSA) is 64.0 Å². The number of aryl methyl sites for hydroxylation is 2. The Hall–Kier alpha value is -1.90. The second-order valence-electron chi connectivity index (χ2n) is 5.46. The standard InChI is InChI=1S/C14H14F3N3O2S/c15-14(16,17)6-18-10(21)5-20-7-19-12-11(13(20)22)8-3-1-2-4-9(8)23-12/h7H,1-6H2,(H,18,21). The highest BCUT2D eigenvalue weighted by Gasteiger charge is 2.28. The first-order valence-electron chi connectivity index (χ1n) is 7.18. The maximum Gasteiger partial charge on any atom is 0.405 e. The van der Waals surface area contributed by atoms with Crippen molar-refractivity contribution in [2.75, 3.05) is 6.54 Å². The van der Waals surface area contributed by atoms with E-state index in [0.29, 0.717) is 10.2 Å². The van der Waals surface area contributed by atoms with Crippen LogP contribution < -0.4 is 10.9 Å². The number of carbonyl (C=O) groups excluding carboxylic acids is 1. The molecule has 5 nitrogen and oxygen atoms in total. The van der Waals surface area contributed by atoms with Gasteiger partial charge in [-0.2, -0.15) is 13.2 Å². The minimum absolute atomic E-state index is 0.364. The molecule has 1 aliphatic carbocycles. The molecular formula is C14H14F3N3O2S. The molecule has 0 saturated carbocycles. The fourth-order valence-electron chi connectivity index (χ4n) is 2.70. The first kappa shape index (κ1) is 16.0. The molecule has 0 spiro atoms. The lowest BCUT2D eigenvalue weighted by molar-refractivity contribution is -0.138. The summed E-state index contributed by atoms with van der Waals surface area (Å²) in [4.78, 5) is 30.1. The predicted octanol–water partition coefficient (Wildman–Crippen LogP) is 2.02. The van der Waals surface area contributed by atoms with Gasteiger partial charge < -0.3 is 5.32 Å². The third kappa shape index (κ3) is 3.39. The lowest BCUT2D eigenvalue weighted by Crippen LogP contribution is -2.37. The van der Waals surface area contributed by atoms with Crippen LogP contribution in [0.3, 0.4) is 0 Å². The molecule has 1 N–H and O–H groups in total. The smallest absolute Gasteiger partial charge is 0.345 e. The maximum atomic E-state index is 12.5. The molecule has 0 radical (unpaired) electrons. The van der Waals surface area contributed by atoms with Crippen molar-refractivity contribution < 1.29 is 18.0 Å². The largest absolute Gasteiger partial charge is 0.405 e. The Morgan fingerprint density at radius 3 is 2.83 bits per heavy atom. The Bertz CT molecular complexity index is 810. The number of halogens is 3. The van der Waals surface area contributed by atoms with Gasteiger partial charge in [-0.3, -0.25) is 14.2 Å². The average molecular weight is 345 g/mol. The van der Waals surface area contributed by atoms with Crippen LogP contribution in [0.15, 0.2) is 11.1 Å². The van der Waals surface area contributed by atoms with Crippen LogP contribution in [0.2, 0.25) is 0 Å². The number of hydrogen-bond acceptors (Lipinski definition) is 4. The highest BCUT2D eigenvalue weighted by atomic mass is 32.1. The number of nitrogens with one attached hydrogen (secondary N) is 1. The number of carbonyl (C=O) groups is 1. The number of alkyl halides is 3. The summed E-state index contributed by atoms with van der Waals surface area (Å²) in [6.45, 7) is -1.88. The Balaban J connectivity index is 1.86. The molecule has 124 valence electrons. The number of thiophene rings is 1. The molecule has 2 aromatic rings. The normalized spacial score (nSPS) is 14.7. The van der Waals surface area contributed by atoms with Crippen LogP contribution in [-0.4, -0.2) is 28.2 Å². The number of rotatable bonds is 3. The first-order chi connectivity index (χ1) is 10.8. The van der Waals surface area contributed by atoms with E-state index in [4.69, 9.17) is 0 Å². The molecule has 0 bridgehead atoms. The van der Waals surface area contributed by atoms with Crippen molar-refractivity contribution in [2.24, 2.45) is 0 Å². The van der Waals surface area contributed by atoms with Crippen molar-refractivity contribution in [2.45, 2.75) is 38.4 Å². The molecule has 1 amide bonds.